The van der Waals surface area contributed by atoms with Crippen LogP contribution in [0.2, 0.25) is 0 Å². The van der Waals surface area contributed by atoms with Gasteiger partial charge in [-0.25, -0.2) is 14.8 Å². The molecule has 10 nitrogen and oxygen atoms in total. The van der Waals surface area contributed by atoms with Gasteiger partial charge in [-0.3, -0.25) is 4.79 Å². The molecule has 1 saturated heterocycles. The number of aryl methyl sites for hydroxylation is 1. The number of hydrogen-bond donors (Lipinski definition) is 1. The lowest BCUT2D eigenvalue weighted by molar-refractivity contribution is 0.0485. The maximum atomic E-state index is 13.9. The number of benzene rings is 1. The van der Waals surface area contributed by atoms with Gasteiger partial charge in [-0.15, -0.1) is 0 Å². The highest BCUT2D eigenvalue weighted by Crippen LogP contribution is 2.40. The van der Waals surface area contributed by atoms with E-state index >= 15 is 0 Å². The largest absolute Gasteiger partial charge is 0.494 e. The Balaban J connectivity index is 1.31. The van der Waals surface area contributed by atoms with Gasteiger partial charge in [-0.1, -0.05) is 0 Å². The van der Waals surface area contributed by atoms with Gasteiger partial charge in [0, 0.05) is 24.7 Å². The third-order valence-electron chi connectivity index (χ3n) is 8.44. The van der Waals surface area contributed by atoms with Crippen LogP contribution in [-0.2, 0) is 18.2 Å². The van der Waals surface area contributed by atoms with Crippen LogP contribution in [0.15, 0.2) is 24.3 Å². The van der Waals surface area contributed by atoms with E-state index in [1.807, 2.05) is 49.4 Å². The molecule has 2 amide bonds. The van der Waals surface area contributed by atoms with Crippen LogP contribution in [0, 0.1) is 23.2 Å². The first-order valence-corrected chi connectivity index (χ1v) is 14.3. The molecule has 41 heavy (non-hydrogen) atoms. The molecule has 3 aromatic rings. The Kier molecular flexibility index (Phi) is 6.63. The molecule has 1 N–H and O–H groups in total. The maximum Gasteiger partial charge on any atom is 0.407 e. The fourth-order valence-electron chi connectivity index (χ4n) is 6.41. The van der Waals surface area contributed by atoms with Crippen LogP contribution in [0.5, 0.6) is 5.75 Å². The number of carbonyl (C=O) groups is 2. The van der Waals surface area contributed by atoms with E-state index in [1.165, 1.54) is 12.8 Å². The van der Waals surface area contributed by atoms with Crippen molar-refractivity contribution in [1.29, 1.82) is 5.26 Å². The second-order valence-corrected chi connectivity index (χ2v) is 12.5. The van der Waals surface area contributed by atoms with Crippen LogP contribution in [-0.4, -0.2) is 62.8 Å². The van der Waals surface area contributed by atoms with E-state index in [1.54, 1.807) is 19.2 Å². The first-order valence-electron chi connectivity index (χ1n) is 14.3. The Labute approximate surface area is 239 Å². The molecule has 3 heterocycles. The van der Waals surface area contributed by atoms with Crippen molar-refractivity contribution < 1.29 is 19.1 Å². The standard InChI is InChI=1S/C31H36N6O4/c1-31(2,3)41-30(39)35-26-18-8-11-24(26)37(16-18)29(38)19-13-23-27(25(14-19)40-5)36(4)28(34-23)21-10-9-20(15-32)33-22(21)12-17-6-7-17/h9-10,13-14,17-18,24,26H,6-8,11-12,16H2,1-5H3,(H,35,39)/t18-,24-,26-/m1/s1. The van der Waals surface area contributed by atoms with Crippen molar-refractivity contribution in [3.05, 3.63) is 41.2 Å². The van der Waals surface area contributed by atoms with E-state index in [0.29, 0.717) is 35.0 Å². The predicted octanol–water partition coefficient (Wildman–Crippen LogP) is 4.60. The number of ether oxygens (including phenoxy) is 2. The second kappa shape index (κ2) is 10.1. The van der Waals surface area contributed by atoms with E-state index in [4.69, 9.17) is 14.5 Å². The van der Waals surface area contributed by atoms with Crippen LogP contribution in [0.25, 0.3) is 22.4 Å². The van der Waals surface area contributed by atoms with Gasteiger partial charge < -0.3 is 24.3 Å². The number of likely N-dealkylation sites (tertiary alicyclic amines) is 1. The molecule has 2 bridgehead atoms. The minimum atomic E-state index is -0.586. The topological polar surface area (TPSA) is 122 Å². The zero-order valence-corrected chi connectivity index (χ0v) is 24.2. The van der Waals surface area contributed by atoms with Crippen LogP contribution in [0.3, 0.4) is 0 Å². The number of aromatic nitrogens is 3. The molecule has 6 rings (SSSR count). The average molecular weight is 557 g/mol. The number of imidazole rings is 1. The summed E-state index contributed by atoms with van der Waals surface area (Å²) in [5, 5.41) is 12.4. The van der Waals surface area contributed by atoms with E-state index in [-0.39, 0.29) is 23.9 Å². The second-order valence-electron chi connectivity index (χ2n) is 12.5. The number of rotatable bonds is 6. The summed E-state index contributed by atoms with van der Waals surface area (Å²) in [5.74, 6) is 1.96. The molecule has 1 aliphatic heterocycles. The fourth-order valence-corrected chi connectivity index (χ4v) is 6.41. The average Bonchev–Trinajstić information content (AvgIpc) is 3.47. The third-order valence-corrected chi connectivity index (χ3v) is 8.44. The zero-order chi connectivity index (χ0) is 29.1. The van der Waals surface area contributed by atoms with E-state index < -0.39 is 11.7 Å². The first-order chi connectivity index (χ1) is 19.6. The van der Waals surface area contributed by atoms with Crippen LogP contribution in [0.1, 0.15) is 68.2 Å². The van der Waals surface area contributed by atoms with Gasteiger partial charge in [0.25, 0.3) is 5.91 Å². The summed E-state index contributed by atoms with van der Waals surface area (Å²) in [4.78, 5) is 37.8. The Morgan fingerprint density at radius 1 is 1.15 bits per heavy atom. The minimum absolute atomic E-state index is 0.0873. The lowest BCUT2D eigenvalue weighted by atomic mass is 10.1. The number of alkyl carbamates (subject to hydrolysis) is 1. The van der Waals surface area contributed by atoms with E-state index in [9.17, 15) is 14.9 Å². The predicted molar refractivity (Wildman–Crippen MR) is 152 cm³/mol. The summed E-state index contributed by atoms with van der Waals surface area (Å²) >= 11 is 0. The van der Waals surface area contributed by atoms with Crippen molar-refractivity contribution in [3.8, 4) is 23.2 Å². The highest BCUT2D eigenvalue weighted by molar-refractivity contribution is 6.00. The molecule has 3 aliphatic rings. The summed E-state index contributed by atoms with van der Waals surface area (Å²) < 4.78 is 13.2. The van der Waals surface area contributed by atoms with Gasteiger partial charge >= 0.3 is 6.09 Å². The van der Waals surface area contributed by atoms with Crippen molar-refractivity contribution in [2.24, 2.45) is 18.9 Å². The summed E-state index contributed by atoms with van der Waals surface area (Å²) in [5.41, 5.74) is 3.51. The van der Waals surface area contributed by atoms with E-state index in [2.05, 4.69) is 16.4 Å². The summed E-state index contributed by atoms with van der Waals surface area (Å²) in [7, 11) is 3.52. The molecular formula is C31H36N6O4. The summed E-state index contributed by atoms with van der Waals surface area (Å²) in [6.45, 7) is 6.09. The quantitative estimate of drug-likeness (QED) is 0.471. The number of nitrogens with one attached hydrogen (secondary N) is 1. The van der Waals surface area contributed by atoms with Crippen molar-refractivity contribution >= 4 is 23.0 Å². The first kappa shape index (κ1) is 27.1. The van der Waals surface area contributed by atoms with Crippen LogP contribution < -0.4 is 10.1 Å². The monoisotopic (exact) mass is 556 g/mol. The van der Waals surface area contributed by atoms with E-state index in [0.717, 1.165) is 41.9 Å². The smallest absolute Gasteiger partial charge is 0.407 e. The van der Waals surface area contributed by atoms with Crippen molar-refractivity contribution in [2.45, 2.75) is 70.6 Å². The third kappa shape index (κ3) is 5.09. The lowest BCUT2D eigenvalue weighted by Crippen LogP contribution is -2.46. The molecule has 10 heteroatoms. The van der Waals surface area contributed by atoms with Gasteiger partial charge in [0.05, 0.1) is 30.4 Å². The lowest BCUT2D eigenvalue weighted by Gasteiger charge is -2.28. The van der Waals surface area contributed by atoms with Gasteiger partial charge in [0.15, 0.2) is 0 Å². The number of methoxy groups -OCH3 is 1. The molecule has 2 aromatic heterocycles. The fraction of sp³-hybridized carbons (Fsp3) is 0.516. The number of pyridine rings is 1. The SMILES string of the molecule is COc1cc(C(=O)N2C[C@H]3CC[C@@H]2[C@@H]3NC(=O)OC(C)(C)C)cc2nc(-c3ccc(C#N)nc3CC3CC3)n(C)c12. The molecule has 1 aromatic carbocycles. The Bertz CT molecular complexity index is 1580. The molecule has 0 radical (unpaired) electrons. The number of amides is 2. The highest BCUT2D eigenvalue weighted by Gasteiger charge is 2.50. The number of carbonyl (C=O) groups excluding carboxylic acids is 2. The number of piperidine rings is 1. The maximum absolute atomic E-state index is 13.9. The highest BCUT2D eigenvalue weighted by atomic mass is 16.6. The summed E-state index contributed by atoms with van der Waals surface area (Å²) in [6.07, 6.45) is 4.50. The van der Waals surface area contributed by atoms with Crippen molar-refractivity contribution in [1.82, 2.24) is 24.8 Å². The Morgan fingerprint density at radius 3 is 2.61 bits per heavy atom. The molecule has 0 unspecified atom stereocenters. The molecule has 3 fully saturated rings. The molecule has 214 valence electrons. The zero-order valence-electron chi connectivity index (χ0n) is 24.2. The number of nitriles is 1. The van der Waals surface area contributed by atoms with Crippen molar-refractivity contribution in [3.63, 3.8) is 0 Å². The van der Waals surface area contributed by atoms with Crippen LogP contribution in [0.4, 0.5) is 4.79 Å². The summed E-state index contributed by atoms with van der Waals surface area (Å²) in [6, 6.07) is 9.18. The van der Waals surface area contributed by atoms with Gasteiger partial charge in [-0.05, 0) is 89.0 Å². The number of nitrogens with zero attached hydrogens (tertiary/aromatic N) is 5. The number of fused-ring (bicyclic) bond motifs is 3. The Hall–Kier alpha value is -4.13. The molecule has 0 spiro atoms. The molecule has 2 saturated carbocycles. The molecular weight excluding hydrogens is 520 g/mol. The van der Waals surface area contributed by atoms with Crippen LogP contribution >= 0.6 is 0 Å². The molecule has 3 atom stereocenters. The Morgan fingerprint density at radius 2 is 1.93 bits per heavy atom. The minimum Gasteiger partial charge on any atom is -0.494 e. The van der Waals surface area contributed by atoms with Crippen molar-refractivity contribution in [2.75, 3.05) is 13.7 Å². The van der Waals surface area contributed by atoms with Gasteiger partial charge in [-0.2, -0.15) is 5.26 Å². The molecule has 2 aliphatic carbocycles. The normalized spacial score (nSPS) is 21.7. The number of hydrogen-bond acceptors (Lipinski definition) is 7. The van der Waals surface area contributed by atoms with Gasteiger partial charge in [0.2, 0.25) is 0 Å². The van der Waals surface area contributed by atoms with Gasteiger partial charge in [0.1, 0.15) is 34.5 Å².